The lowest BCUT2D eigenvalue weighted by molar-refractivity contribution is -0.143. The summed E-state index contributed by atoms with van der Waals surface area (Å²) in [7, 11) is -2.94. The molecule has 0 fully saturated rings. The van der Waals surface area contributed by atoms with Crippen molar-refractivity contribution in [1.29, 1.82) is 0 Å². The van der Waals surface area contributed by atoms with Gasteiger partial charge in [0, 0.05) is 12.1 Å². The fraction of sp³-hybridized carbons (Fsp3) is 0.391. The molecule has 0 amide bonds. The lowest BCUT2D eigenvalue weighted by Crippen LogP contribution is -2.35. The molecule has 4 N–H and O–H groups in total. The fourth-order valence-corrected chi connectivity index (χ4v) is 4.60. The Labute approximate surface area is 183 Å². The highest BCUT2D eigenvalue weighted by molar-refractivity contribution is 7.39. The van der Waals surface area contributed by atoms with E-state index in [1.165, 1.54) is 0 Å². The Hall–Kier alpha value is -2.76. The first-order valence-corrected chi connectivity index (χ1v) is 11.3. The molecule has 166 valence electrons. The molecule has 4 atom stereocenters. The van der Waals surface area contributed by atoms with Crippen molar-refractivity contribution in [2.24, 2.45) is 5.92 Å². The molecule has 0 spiro atoms. The van der Waals surface area contributed by atoms with E-state index in [2.05, 4.69) is 26.1 Å². The van der Waals surface area contributed by atoms with Gasteiger partial charge in [0.05, 0.1) is 0 Å². The molecule has 0 saturated heterocycles. The number of benzene rings is 2. The highest BCUT2D eigenvalue weighted by Crippen LogP contribution is 2.42. The van der Waals surface area contributed by atoms with E-state index in [-0.39, 0.29) is 11.8 Å². The molecular weight excluding hydrogens is 417 g/mol. The Kier molecular flexibility index (Phi) is 8.31. The molecule has 0 aliphatic rings. The van der Waals surface area contributed by atoms with Crippen molar-refractivity contribution in [2.75, 3.05) is 5.32 Å². The first kappa shape index (κ1) is 24.5. The summed E-state index contributed by atoms with van der Waals surface area (Å²) < 4.78 is 12.4. The van der Waals surface area contributed by atoms with E-state index in [1.54, 1.807) is 30.3 Å². The molecule has 0 aliphatic carbocycles. The van der Waals surface area contributed by atoms with E-state index in [0.29, 0.717) is 11.3 Å². The van der Waals surface area contributed by atoms with Crippen LogP contribution < -0.4 is 5.32 Å². The van der Waals surface area contributed by atoms with E-state index < -0.39 is 44.0 Å². The first-order valence-electron chi connectivity index (χ1n) is 10.0. The average Bonchev–Trinajstić information content (AvgIpc) is 2.69. The van der Waals surface area contributed by atoms with Gasteiger partial charge in [0.25, 0.3) is 0 Å². The number of carbonyl (C=O) groups is 2. The zero-order valence-electron chi connectivity index (χ0n) is 17.9. The van der Waals surface area contributed by atoms with E-state index in [0.717, 1.165) is 5.56 Å². The largest absolute Gasteiger partial charge is 0.512 e. The number of rotatable bonds is 10. The Morgan fingerprint density at radius 1 is 1.03 bits per heavy atom. The number of carboxylic acids is 2. The van der Waals surface area contributed by atoms with Gasteiger partial charge in [-0.25, -0.2) is 0 Å². The number of nitrogens with one attached hydrogen (secondary N) is 1. The zero-order chi connectivity index (χ0) is 23.2. The Bertz CT molecular complexity index is 925. The van der Waals surface area contributed by atoms with Crippen LogP contribution in [0.15, 0.2) is 54.6 Å². The maximum absolute atomic E-state index is 12.4. The van der Waals surface area contributed by atoms with Crippen LogP contribution in [0.1, 0.15) is 50.8 Å². The van der Waals surface area contributed by atoms with Crippen LogP contribution in [-0.2, 0) is 19.6 Å². The SMILES string of the molecule is CC(C)(C)c1cccc(NC(c2ccccc2)C(C(CCC(=O)O)C(=O)O)[P+](=O)O)c1. The number of hydrogen-bond donors (Lipinski definition) is 4. The number of hydrogen-bond acceptors (Lipinski definition) is 4. The average molecular weight is 446 g/mol. The minimum atomic E-state index is -2.94. The van der Waals surface area contributed by atoms with Gasteiger partial charge >= 0.3 is 20.0 Å². The van der Waals surface area contributed by atoms with Crippen LogP contribution in [0.2, 0.25) is 0 Å². The van der Waals surface area contributed by atoms with Gasteiger partial charge in [-0.3, -0.25) is 9.59 Å². The van der Waals surface area contributed by atoms with E-state index in [1.807, 2.05) is 24.3 Å². The molecule has 8 heteroatoms. The third kappa shape index (κ3) is 6.88. The van der Waals surface area contributed by atoms with Gasteiger partial charge in [0.1, 0.15) is 12.0 Å². The minimum Gasteiger partial charge on any atom is -0.481 e. The van der Waals surface area contributed by atoms with Crippen molar-refractivity contribution < 1.29 is 29.3 Å². The summed E-state index contributed by atoms with van der Waals surface area (Å²) in [5.41, 5.74) is 1.03. The molecule has 31 heavy (non-hydrogen) atoms. The van der Waals surface area contributed by atoms with Crippen molar-refractivity contribution in [3.63, 3.8) is 0 Å². The zero-order valence-corrected chi connectivity index (χ0v) is 18.8. The standard InChI is InChI=1S/C23H28NO6P/c1-23(2,3)16-10-7-11-17(14-16)24-20(15-8-5-4-6-9-15)21(31(29)30)18(22(27)28)12-13-19(25)26/h4-11,14,18,20-21,24H,12-13H2,1-3H3,(H2-,25,26,27,28,29,30)/p+1. The minimum absolute atomic E-state index is 0.118. The van der Waals surface area contributed by atoms with Gasteiger partial charge in [-0.1, -0.05) is 63.2 Å². The van der Waals surface area contributed by atoms with Crippen LogP contribution >= 0.6 is 8.03 Å². The smallest absolute Gasteiger partial charge is 0.481 e. The Morgan fingerprint density at radius 2 is 1.68 bits per heavy atom. The molecule has 2 aromatic carbocycles. The second-order valence-electron chi connectivity index (χ2n) is 8.53. The summed E-state index contributed by atoms with van der Waals surface area (Å²) in [6.07, 6.45) is -0.651. The van der Waals surface area contributed by atoms with Gasteiger partial charge in [-0.05, 0) is 39.7 Å². The highest BCUT2D eigenvalue weighted by Gasteiger charge is 2.48. The van der Waals surface area contributed by atoms with Crippen molar-refractivity contribution >= 4 is 25.7 Å². The van der Waals surface area contributed by atoms with Gasteiger partial charge in [0.15, 0.2) is 0 Å². The molecule has 0 heterocycles. The molecule has 7 nitrogen and oxygen atoms in total. The fourth-order valence-electron chi connectivity index (χ4n) is 3.51. The van der Waals surface area contributed by atoms with Gasteiger partial charge in [0.2, 0.25) is 5.66 Å². The topological polar surface area (TPSA) is 124 Å². The summed E-state index contributed by atoms with van der Waals surface area (Å²) >= 11 is 0. The van der Waals surface area contributed by atoms with Crippen molar-refractivity contribution in [2.45, 2.75) is 50.7 Å². The maximum atomic E-state index is 12.4. The second-order valence-corrected chi connectivity index (χ2v) is 9.74. The third-order valence-corrected chi connectivity index (χ3v) is 6.37. The Balaban J connectivity index is 2.52. The highest BCUT2D eigenvalue weighted by atomic mass is 31.1. The number of carboxylic acid groups (broad SMARTS) is 2. The molecule has 0 aromatic heterocycles. The molecule has 0 radical (unpaired) electrons. The van der Waals surface area contributed by atoms with E-state index in [4.69, 9.17) is 5.11 Å². The predicted molar refractivity (Wildman–Crippen MR) is 120 cm³/mol. The molecule has 0 aliphatic heterocycles. The van der Waals surface area contributed by atoms with E-state index >= 15 is 0 Å². The van der Waals surface area contributed by atoms with Crippen LogP contribution in [0.25, 0.3) is 0 Å². The molecular formula is C23H29NO6P+. The van der Waals surface area contributed by atoms with Crippen LogP contribution in [0.5, 0.6) is 0 Å². The first-order chi connectivity index (χ1) is 14.5. The van der Waals surface area contributed by atoms with Crippen LogP contribution in [-0.4, -0.2) is 32.7 Å². The molecule has 4 unspecified atom stereocenters. The Morgan fingerprint density at radius 3 is 2.19 bits per heavy atom. The summed E-state index contributed by atoms with van der Waals surface area (Å²) in [6, 6.07) is 15.7. The summed E-state index contributed by atoms with van der Waals surface area (Å²) in [5.74, 6) is -3.76. The van der Waals surface area contributed by atoms with Gasteiger partial charge in [-0.2, -0.15) is 4.89 Å². The van der Waals surface area contributed by atoms with Crippen LogP contribution in [0.3, 0.4) is 0 Å². The molecule has 0 bridgehead atoms. The van der Waals surface area contributed by atoms with E-state index in [9.17, 15) is 24.2 Å². The summed E-state index contributed by atoms with van der Waals surface area (Å²) in [5, 5.41) is 22.0. The predicted octanol–water partition coefficient (Wildman–Crippen LogP) is 4.81. The van der Waals surface area contributed by atoms with Gasteiger partial charge in [-0.15, -0.1) is 0 Å². The third-order valence-electron chi connectivity index (χ3n) is 5.20. The summed E-state index contributed by atoms with van der Waals surface area (Å²) in [4.78, 5) is 33.2. The quantitative estimate of drug-likeness (QED) is 0.386. The van der Waals surface area contributed by atoms with Crippen LogP contribution in [0, 0.1) is 5.92 Å². The lowest BCUT2D eigenvalue weighted by atomic mass is 9.86. The van der Waals surface area contributed by atoms with Crippen LogP contribution in [0.4, 0.5) is 5.69 Å². The van der Waals surface area contributed by atoms with Gasteiger partial charge < -0.3 is 15.5 Å². The van der Waals surface area contributed by atoms with Crippen molar-refractivity contribution in [3.05, 3.63) is 65.7 Å². The normalized spacial score (nSPS) is 14.9. The molecule has 2 aromatic rings. The summed E-state index contributed by atoms with van der Waals surface area (Å²) in [6.45, 7) is 6.21. The second kappa shape index (κ2) is 10.5. The molecule has 2 rings (SSSR count). The van der Waals surface area contributed by atoms with Crippen molar-refractivity contribution in [1.82, 2.24) is 0 Å². The monoisotopic (exact) mass is 446 g/mol. The molecule has 0 saturated carbocycles. The van der Waals surface area contributed by atoms with Crippen molar-refractivity contribution in [3.8, 4) is 0 Å². The lowest BCUT2D eigenvalue weighted by Gasteiger charge is -2.27. The maximum Gasteiger partial charge on any atom is 0.512 e. The number of anilines is 1. The number of aliphatic carboxylic acids is 2.